The van der Waals surface area contributed by atoms with Gasteiger partial charge in [-0.15, -0.1) is 12.6 Å². The third-order valence-electron chi connectivity index (χ3n) is 1.03. The van der Waals surface area contributed by atoms with Crippen molar-refractivity contribution in [3.05, 3.63) is 0 Å². The summed E-state index contributed by atoms with van der Waals surface area (Å²) in [5, 5.41) is 0. The van der Waals surface area contributed by atoms with Gasteiger partial charge in [-0.3, -0.25) is 0 Å². The van der Waals surface area contributed by atoms with Gasteiger partial charge in [-0.1, -0.05) is 12.2 Å². The molecule has 3 N–H and O–H groups in total. The van der Waals surface area contributed by atoms with E-state index in [1.807, 2.05) is 4.90 Å². The van der Waals surface area contributed by atoms with Gasteiger partial charge in [-0.25, -0.2) is 0 Å². The molecular weight excluding hydrogens is 175 g/mol. The molecule has 0 aliphatic rings. The van der Waals surface area contributed by atoms with Gasteiger partial charge in [0.1, 0.15) is 4.32 Å². The van der Waals surface area contributed by atoms with Crippen LogP contribution in [0.1, 0.15) is 13.8 Å². The third-order valence-corrected chi connectivity index (χ3v) is 1.58. The molecule has 0 aliphatic heterocycles. The van der Waals surface area contributed by atoms with Crippen molar-refractivity contribution in [3.8, 4) is 0 Å². The first-order valence-electron chi connectivity index (χ1n) is 2.70. The van der Waals surface area contributed by atoms with Crippen LogP contribution in [0, 0.1) is 0 Å². The summed E-state index contributed by atoms with van der Waals surface area (Å²) in [4.78, 5) is 2.01. The number of thiol groups is 1. The zero-order valence-electron chi connectivity index (χ0n) is 6.92. The molecule has 0 aliphatic carbocycles. The predicted molar refractivity (Wildman–Crippen MR) is 55.3 cm³/mol. The average Bonchev–Trinajstić information content (AvgIpc) is 1.69. The Morgan fingerprint density at radius 1 is 1.40 bits per heavy atom. The number of rotatable bonds is 2. The van der Waals surface area contributed by atoms with Gasteiger partial charge < -0.3 is 11.1 Å². The Hall–Kier alpha value is 1.20. The van der Waals surface area contributed by atoms with E-state index in [1.165, 1.54) is 0 Å². The minimum atomic E-state index is 0. The number of nitrogens with zero attached hydrogens (tertiary/aromatic N) is 1. The molecule has 0 aromatic carbocycles. The molecule has 0 spiro atoms. The molecule has 0 atom stereocenters. The Morgan fingerprint density at radius 2 is 1.70 bits per heavy atom. The first-order chi connectivity index (χ1) is 3.72. The van der Waals surface area contributed by atoms with Crippen molar-refractivity contribution in [1.82, 2.24) is 11.1 Å². The molecule has 0 amide bonds. The van der Waals surface area contributed by atoms with Crippen molar-refractivity contribution >= 4 is 58.7 Å². The van der Waals surface area contributed by atoms with E-state index in [1.54, 1.807) is 0 Å². The number of hydrogen-bond acceptors (Lipinski definition) is 2. The molecule has 0 aromatic rings. The van der Waals surface area contributed by atoms with Crippen LogP contribution in [0.2, 0.25) is 0 Å². The Balaban J connectivity index is -0.000000245. The maximum atomic E-state index is 4.81. The first kappa shape index (κ1) is 17.3. The van der Waals surface area contributed by atoms with E-state index in [9.17, 15) is 0 Å². The van der Waals surface area contributed by atoms with E-state index in [0.29, 0.717) is 4.32 Å². The summed E-state index contributed by atoms with van der Waals surface area (Å²) in [6, 6.07) is 0. The summed E-state index contributed by atoms with van der Waals surface area (Å²) >= 11 is 8.82. The second-order valence-corrected chi connectivity index (χ2v) is 2.57. The summed E-state index contributed by atoms with van der Waals surface area (Å²) in [5.74, 6) is 0. The Bertz CT molecular complexity index is 85.7. The van der Waals surface area contributed by atoms with E-state index < -0.39 is 0 Å². The van der Waals surface area contributed by atoms with Crippen LogP contribution in [0.4, 0.5) is 0 Å². The van der Waals surface area contributed by atoms with Crippen molar-refractivity contribution in [3.63, 3.8) is 0 Å². The van der Waals surface area contributed by atoms with E-state index in [0.717, 1.165) is 13.1 Å². The molecule has 0 heterocycles. The summed E-state index contributed by atoms with van der Waals surface area (Å²) in [6.07, 6.45) is 0. The summed E-state index contributed by atoms with van der Waals surface area (Å²) in [6.45, 7) is 6.04. The maximum Gasteiger partial charge on any atom is 0.133 e. The van der Waals surface area contributed by atoms with Gasteiger partial charge in [-0.2, -0.15) is 0 Å². The minimum Gasteiger partial charge on any atom is -0.358 e. The van der Waals surface area contributed by atoms with E-state index in [-0.39, 0.29) is 35.7 Å². The predicted octanol–water partition coefficient (Wildman–Crippen LogP) is 1.32. The molecule has 2 nitrogen and oxygen atoms in total. The van der Waals surface area contributed by atoms with Crippen LogP contribution in [-0.2, 0) is 0 Å². The van der Waals surface area contributed by atoms with Crippen molar-refractivity contribution < 1.29 is 0 Å². The molecular formula is C5H14N2NaS2. The first-order valence-corrected chi connectivity index (χ1v) is 3.55. The molecule has 1 radical (unpaired) electrons. The SMILES string of the molecule is CCN(CC)C(=S)S.N.[Na]. The van der Waals surface area contributed by atoms with Crippen molar-refractivity contribution in [2.45, 2.75) is 13.8 Å². The van der Waals surface area contributed by atoms with Crippen LogP contribution in [-0.4, -0.2) is 51.9 Å². The normalized spacial score (nSPS) is 7.10. The molecule has 57 valence electrons. The Labute approximate surface area is 96.0 Å². The fourth-order valence-electron chi connectivity index (χ4n) is 0.494. The fraction of sp³-hybridized carbons (Fsp3) is 0.800. The van der Waals surface area contributed by atoms with E-state index in [4.69, 9.17) is 12.2 Å². The van der Waals surface area contributed by atoms with Crippen LogP contribution in [0.15, 0.2) is 0 Å². The molecule has 0 fully saturated rings. The standard InChI is InChI=1S/C5H11NS2.H3N.Na/c1-3-6(4-2)5(7)8;;/h3-4H2,1-2H3,(H,7,8);1H3;. The molecule has 0 saturated carbocycles. The van der Waals surface area contributed by atoms with Gasteiger partial charge in [0.15, 0.2) is 0 Å². The molecule has 0 saturated heterocycles. The van der Waals surface area contributed by atoms with Crippen LogP contribution in [0.5, 0.6) is 0 Å². The van der Waals surface area contributed by atoms with Gasteiger partial charge in [0.25, 0.3) is 0 Å². The number of hydrogen-bond donors (Lipinski definition) is 2. The van der Waals surface area contributed by atoms with Crippen molar-refractivity contribution in [1.29, 1.82) is 0 Å². The van der Waals surface area contributed by atoms with Gasteiger partial charge in [0.2, 0.25) is 0 Å². The zero-order valence-corrected chi connectivity index (χ0v) is 10.6. The molecule has 0 aromatic heterocycles. The van der Waals surface area contributed by atoms with Crippen LogP contribution < -0.4 is 6.15 Å². The van der Waals surface area contributed by atoms with Crippen LogP contribution in [0.25, 0.3) is 0 Å². The summed E-state index contributed by atoms with van der Waals surface area (Å²) < 4.78 is 0.690. The molecule has 0 rings (SSSR count). The maximum absolute atomic E-state index is 4.81. The second-order valence-electron chi connectivity index (χ2n) is 1.45. The van der Waals surface area contributed by atoms with E-state index >= 15 is 0 Å². The molecule has 5 heteroatoms. The average molecular weight is 189 g/mol. The van der Waals surface area contributed by atoms with Crippen molar-refractivity contribution in [2.75, 3.05) is 13.1 Å². The topological polar surface area (TPSA) is 38.2 Å². The second kappa shape index (κ2) is 10.2. The van der Waals surface area contributed by atoms with Gasteiger partial charge in [0, 0.05) is 42.6 Å². The van der Waals surface area contributed by atoms with Gasteiger partial charge in [-0.05, 0) is 13.8 Å². The van der Waals surface area contributed by atoms with Crippen LogP contribution >= 0.6 is 24.8 Å². The third kappa shape index (κ3) is 7.31. The Kier molecular flexibility index (Phi) is 17.7. The van der Waals surface area contributed by atoms with Gasteiger partial charge >= 0.3 is 0 Å². The summed E-state index contributed by atoms with van der Waals surface area (Å²) in [5.41, 5.74) is 0. The molecule has 0 bridgehead atoms. The zero-order chi connectivity index (χ0) is 6.57. The largest absolute Gasteiger partial charge is 0.358 e. The smallest absolute Gasteiger partial charge is 0.133 e. The Morgan fingerprint density at radius 3 is 1.70 bits per heavy atom. The monoisotopic (exact) mass is 189 g/mol. The molecule has 10 heavy (non-hydrogen) atoms. The summed E-state index contributed by atoms with van der Waals surface area (Å²) in [7, 11) is 0. The van der Waals surface area contributed by atoms with Crippen LogP contribution in [0.3, 0.4) is 0 Å². The quantitative estimate of drug-likeness (QED) is 0.391. The molecule has 0 unspecified atom stereocenters. The fourth-order valence-corrected chi connectivity index (χ4v) is 1.04. The number of thiocarbonyl (C=S) groups is 1. The minimum absolute atomic E-state index is 0. The van der Waals surface area contributed by atoms with Crippen molar-refractivity contribution in [2.24, 2.45) is 0 Å². The van der Waals surface area contributed by atoms with E-state index in [2.05, 4.69) is 26.5 Å². The van der Waals surface area contributed by atoms with Gasteiger partial charge in [0.05, 0.1) is 0 Å².